The predicted octanol–water partition coefficient (Wildman–Crippen LogP) is -5.30. The molecule has 1 aliphatic carbocycles. The lowest BCUT2D eigenvalue weighted by Crippen LogP contribution is -2.68. The average molecular weight is 553 g/mol. The van der Waals surface area contributed by atoms with Crippen molar-refractivity contribution in [2.45, 2.75) is 93.0 Å². The Balaban J connectivity index is 1.83. The zero-order valence-electron chi connectivity index (χ0n) is 21.5. The Hall–Kier alpha value is -1.25. The molecule has 3 fully saturated rings. The molecule has 38 heavy (non-hydrogen) atoms. The number of hydrogen-bond donors (Lipinski definition) is 11. The largest absolute Gasteiger partial charge is 0.390 e. The summed E-state index contributed by atoms with van der Waals surface area (Å²) in [6, 6.07) is -3.69. The van der Waals surface area contributed by atoms with Crippen molar-refractivity contribution in [1.29, 1.82) is 0 Å². The highest BCUT2D eigenvalue weighted by atomic mass is 16.7. The second kappa shape index (κ2) is 13.9. The van der Waals surface area contributed by atoms with Gasteiger partial charge in [-0.05, 0) is 13.0 Å². The molecule has 16 nitrogen and oxygen atoms in total. The van der Waals surface area contributed by atoms with Crippen molar-refractivity contribution in [1.82, 2.24) is 15.7 Å². The minimum Gasteiger partial charge on any atom is -0.390 e. The molecule has 2 amide bonds. The molecular formula is C22H44N6O10. The number of nitrogens with one attached hydrogen (secondary N) is 2. The van der Waals surface area contributed by atoms with Gasteiger partial charge >= 0.3 is 6.03 Å². The maximum absolute atomic E-state index is 12.5. The predicted molar refractivity (Wildman–Crippen MR) is 130 cm³/mol. The van der Waals surface area contributed by atoms with Crippen molar-refractivity contribution in [3.63, 3.8) is 0 Å². The van der Waals surface area contributed by atoms with Crippen molar-refractivity contribution in [2.24, 2.45) is 23.1 Å². The molecule has 2 saturated heterocycles. The van der Waals surface area contributed by atoms with Gasteiger partial charge in [0.05, 0.1) is 55.8 Å². The summed E-state index contributed by atoms with van der Waals surface area (Å²) in [6.07, 6.45) is -10.3. The van der Waals surface area contributed by atoms with Gasteiger partial charge in [0.2, 0.25) is 0 Å². The highest BCUT2D eigenvalue weighted by Crippen LogP contribution is 2.36. The second-order valence-corrected chi connectivity index (χ2v) is 10.2. The summed E-state index contributed by atoms with van der Waals surface area (Å²) in [7, 11) is 0. The molecule has 2 aliphatic heterocycles. The highest BCUT2D eigenvalue weighted by molar-refractivity contribution is 5.73. The van der Waals surface area contributed by atoms with Crippen LogP contribution in [0.5, 0.6) is 0 Å². The Morgan fingerprint density at radius 2 is 1.79 bits per heavy atom. The van der Waals surface area contributed by atoms with Crippen LogP contribution in [0.4, 0.5) is 4.79 Å². The summed E-state index contributed by atoms with van der Waals surface area (Å²) in [5.74, 6) is -0.811. The topological polar surface area (TPSA) is 271 Å². The molecule has 222 valence electrons. The van der Waals surface area contributed by atoms with E-state index in [1.807, 2.05) is 6.92 Å². The zero-order chi connectivity index (χ0) is 28.1. The first-order valence-electron chi connectivity index (χ1n) is 13.0. The molecule has 3 rings (SSSR count). The molecule has 0 aromatic carbocycles. The third-order valence-corrected chi connectivity index (χ3v) is 7.50. The quantitative estimate of drug-likeness (QED) is 0.0942. The van der Waals surface area contributed by atoms with E-state index in [1.54, 1.807) is 0 Å². The third-order valence-electron chi connectivity index (χ3n) is 7.50. The monoisotopic (exact) mass is 552 g/mol. The molecule has 0 spiro atoms. The van der Waals surface area contributed by atoms with Gasteiger partial charge in [-0.1, -0.05) is 6.92 Å². The minimum atomic E-state index is -1.45. The maximum Gasteiger partial charge on any atom is 0.341 e. The number of hydroxylamine groups is 2. The molecular weight excluding hydrogens is 508 g/mol. The van der Waals surface area contributed by atoms with Crippen LogP contribution >= 0.6 is 0 Å². The molecule has 0 aromatic rings. The Labute approximate surface area is 220 Å². The van der Waals surface area contributed by atoms with Crippen LogP contribution in [0.25, 0.3) is 0 Å². The Bertz CT molecular complexity index is 757. The van der Waals surface area contributed by atoms with E-state index in [4.69, 9.17) is 31.4 Å². The summed E-state index contributed by atoms with van der Waals surface area (Å²) in [5, 5.41) is 68.8. The summed E-state index contributed by atoms with van der Waals surface area (Å²) < 4.78 is 17.4. The fraction of sp³-hybridized carbons (Fsp3) is 0.955. The number of likely N-dealkylation sites (N-methyl/N-ethyl adjacent to an activating group) is 1. The smallest absolute Gasteiger partial charge is 0.341 e. The van der Waals surface area contributed by atoms with Crippen molar-refractivity contribution in [3.05, 3.63) is 0 Å². The number of nitrogens with zero attached hydrogens (tertiary/aromatic N) is 1. The van der Waals surface area contributed by atoms with Crippen molar-refractivity contribution < 1.29 is 49.7 Å². The number of urea groups is 1. The van der Waals surface area contributed by atoms with Gasteiger partial charge in [-0.3, -0.25) is 5.21 Å². The highest BCUT2D eigenvalue weighted by Gasteiger charge is 2.52. The van der Waals surface area contributed by atoms with Crippen LogP contribution in [0.3, 0.4) is 0 Å². The summed E-state index contributed by atoms with van der Waals surface area (Å²) in [6.45, 7) is 2.38. The van der Waals surface area contributed by atoms with Gasteiger partial charge in [-0.25, -0.2) is 9.86 Å². The Morgan fingerprint density at radius 3 is 2.45 bits per heavy atom. The van der Waals surface area contributed by atoms with Gasteiger partial charge in [-0.15, -0.1) is 0 Å². The van der Waals surface area contributed by atoms with E-state index in [-0.39, 0.29) is 39.1 Å². The van der Waals surface area contributed by atoms with Crippen LogP contribution < -0.4 is 27.8 Å². The number of ether oxygens (including phenoxy) is 3. The lowest BCUT2D eigenvalue weighted by atomic mass is 9.72. The Kier molecular flexibility index (Phi) is 11.4. The number of carbonyl (C=O) groups is 1. The molecule has 1 unspecified atom stereocenters. The van der Waals surface area contributed by atoms with E-state index >= 15 is 0 Å². The average Bonchev–Trinajstić information content (AvgIpc) is 2.87. The van der Waals surface area contributed by atoms with Crippen LogP contribution in [0.1, 0.15) is 19.8 Å². The first kappa shape index (κ1) is 31.3. The number of nitrogens with two attached hydrogens (primary N) is 3. The van der Waals surface area contributed by atoms with Gasteiger partial charge in [0.1, 0.15) is 18.3 Å². The van der Waals surface area contributed by atoms with Crippen LogP contribution in [0.2, 0.25) is 0 Å². The molecule has 3 aliphatic rings. The van der Waals surface area contributed by atoms with E-state index in [2.05, 4.69) is 10.6 Å². The van der Waals surface area contributed by atoms with Crippen LogP contribution in [0.15, 0.2) is 0 Å². The molecule has 0 bridgehead atoms. The lowest BCUT2D eigenvalue weighted by molar-refractivity contribution is -0.284. The SMILES string of the molecule is CCNC[C@H]1O[C@H](C2[C@@H](N)C[C@@H](NC(=O)N(O)CCN)[C@H](O[C@H]3OC[C@@H](O)[C@H](N)[C@H]3O)[C@H]2O)C[C@@H](O)[C@@H]1O. The first-order valence-corrected chi connectivity index (χ1v) is 13.0. The second-order valence-electron chi connectivity index (χ2n) is 10.2. The van der Waals surface area contributed by atoms with Crippen molar-refractivity contribution in [3.8, 4) is 0 Å². The van der Waals surface area contributed by atoms with E-state index in [1.165, 1.54) is 0 Å². The summed E-state index contributed by atoms with van der Waals surface area (Å²) in [5.41, 5.74) is 17.7. The minimum absolute atomic E-state index is 0.00228. The zero-order valence-corrected chi connectivity index (χ0v) is 21.5. The van der Waals surface area contributed by atoms with Crippen LogP contribution in [-0.2, 0) is 14.2 Å². The fourth-order valence-electron chi connectivity index (χ4n) is 5.34. The first-order chi connectivity index (χ1) is 18.0. The Morgan fingerprint density at radius 1 is 1.08 bits per heavy atom. The number of hydrogen-bond acceptors (Lipinski definition) is 14. The molecule has 13 atom stereocenters. The van der Waals surface area contributed by atoms with E-state index in [0.29, 0.717) is 11.6 Å². The molecule has 0 radical (unpaired) electrons. The van der Waals surface area contributed by atoms with Crippen LogP contribution in [0, 0.1) is 5.92 Å². The summed E-state index contributed by atoms with van der Waals surface area (Å²) >= 11 is 0. The van der Waals surface area contributed by atoms with Gasteiger partial charge < -0.3 is 67.6 Å². The summed E-state index contributed by atoms with van der Waals surface area (Å²) in [4.78, 5) is 12.5. The molecule has 0 aromatic heterocycles. The number of rotatable bonds is 9. The molecule has 2 heterocycles. The van der Waals surface area contributed by atoms with Gasteiger partial charge in [-0.2, -0.15) is 0 Å². The molecule has 1 saturated carbocycles. The number of aliphatic hydroxyl groups is 5. The van der Waals surface area contributed by atoms with E-state index in [0.717, 1.165) is 0 Å². The van der Waals surface area contributed by atoms with Gasteiger partial charge in [0.25, 0.3) is 0 Å². The number of carbonyl (C=O) groups excluding carboxylic acids is 1. The lowest BCUT2D eigenvalue weighted by Gasteiger charge is -2.50. The molecule has 14 N–H and O–H groups in total. The van der Waals surface area contributed by atoms with Crippen molar-refractivity contribution in [2.75, 3.05) is 32.8 Å². The van der Waals surface area contributed by atoms with Gasteiger partial charge in [0, 0.05) is 31.5 Å². The standard InChI is InChI=1S/C22H44N6O10/c1-2-26-7-14-17(31)11(29)6-13(37-14)15-9(24)5-10(27-22(34)28(35)4-3-23)20(18(15)32)38-21-19(33)16(25)12(30)8-36-21/h9-21,26,29-33,35H,2-8,23-25H2,1H3,(H,27,34)/t9-,10+,11+,12+,13-,14+,15?,16-,17-,18-,19+,20-,21+/m0/s1. The van der Waals surface area contributed by atoms with E-state index < -0.39 is 85.2 Å². The van der Waals surface area contributed by atoms with Crippen molar-refractivity contribution >= 4 is 6.03 Å². The number of aliphatic hydroxyl groups excluding tert-OH is 5. The van der Waals surface area contributed by atoms with E-state index in [9.17, 15) is 35.5 Å². The normalized spacial score (nSPS) is 44.0. The van der Waals surface area contributed by atoms with Gasteiger partial charge in [0.15, 0.2) is 6.29 Å². The number of amides is 2. The fourth-order valence-corrected chi connectivity index (χ4v) is 5.34. The molecule has 16 heteroatoms. The van der Waals surface area contributed by atoms with Crippen LogP contribution in [-0.4, -0.2) is 148 Å². The third kappa shape index (κ3) is 7.08. The maximum atomic E-state index is 12.5.